The highest BCUT2D eigenvalue weighted by molar-refractivity contribution is 5.40. The van der Waals surface area contributed by atoms with Crippen LogP contribution in [0.3, 0.4) is 0 Å². The zero-order chi connectivity index (χ0) is 14.6. The van der Waals surface area contributed by atoms with E-state index in [1.165, 1.54) is 44.1 Å². The maximum Gasteiger partial charge on any atom is 0.127 e. The van der Waals surface area contributed by atoms with Crippen LogP contribution in [0.25, 0.3) is 0 Å². The van der Waals surface area contributed by atoms with Gasteiger partial charge in [-0.15, -0.1) is 0 Å². The Balaban J connectivity index is 2.21. The molecule has 0 radical (unpaired) electrons. The predicted octanol–water partition coefficient (Wildman–Crippen LogP) is 4.15. The fraction of sp³-hybridized carbons (Fsp3) is 0.647. The average Bonchev–Trinajstić information content (AvgIpc) is 2.50. The number of nitrogens with one attached hydrogen (secondary N) is 1. The molecule has 0 saturated carbocycles. The van der Waals surface area contributed by atoms with Crippen molar-refractivity contribution in [2.45, 2.75) is 52.0 Å². The molecule has 0 spiro atoms. The second kappa shape index (κ2) is 10.6. The number of benzene rings is 1. The van der Waals surface area contributed by atoms with Gasteiger partial charge in [0.25, 0.3) is 0 Å². The van der Waals surface area contributed by atoms with E-state index in [0.29, 0.717) is 0 Å². The van der Waals surface area contributed by atoms with Crippen LogP contribution in [0.2, 0.25) is 0 Å². The topological polar surface area (TPSA) is 30.5 Å². The van der Waals surface area contributed by atoms with Gasteiger partial charge in [-0.05, 0) is 19.0 Å². The molecule has 0 aliphatic carbocycles. The molecule has 0 saturated heterocycles. The Labute approximate surface area is 123 Å². The van der Waals surface area contributed by atoms with E-state index in [-0.39, 0.29) is 0 Å². The average molecular weight is 279 g/mol. The van der Waals surface area contributed by atoms with Crippen molar-refractivity contribution in [2.75, 3.05) is 20.8 Å². The van der Waals surface area contributed by atoms with Crippen LogP contribution < -0.4 is 14.8 Å². The van der Waals surface area contributed by atoms with Crippen LogP contribution in [0.1, 0.15) is 51.0 Å². The fourth-order valence-corrected chi connectivity index (χ4v) is 2.25. The lowest BCUT2D eigenvalue weighted by molar-refractivity contribution is 0.389. The van der Waals surface area contributed by atoms with Crippen LogP contribution >= 0.6 is 0 Å². The van der Waals surface area contributed by atoms with Crippen molar-refractivity contribution in [1.29, 1.82) is 0 Å². The lowest BCUT2D eigenvalue weighted by Crippen LogP contribution is -2.15. The molecule has 0 aromatic heterocycles. The summed E-state index contributed by atoms with van der Waals surface area (Å²) in [7, 11) is 3.37. The second-order valence-corrected chi connectivity index (χ2v) is 5.12. The molecule has 3 nitrogen and oxygen atoms in total. The van der Waals surface area contributed by atoms with E-state index < -0.39 is 0 Å². The molecule has 1 rings (SSSR count). The van der Waals surface area contributed by atoms with Gasteiger partial charge in [0.15, 0.2) is 0 Å². The van der Waals surface area contributed by atoms with E-state index in [2.05, 4.69) is 18.3 Å². The van der Waals surface area contributed by atoms with E-state index in [0.717, 1.165) is 24.6 Å². The molecule has 0 bridgehead atoms. The summed E-state index contributed by atoms with van der Waals surface area (Å²) in [6, 6.07) is 5.97. The predicted molar refractivity (Wildman–Crippen MR) is 84.6 cm³/mol. The largest absolute Gasteiger partial charge is 0.497 e. The molecular weight excluding hydrogens is 250 g/mol. The van der Waals surface area contributed by atoms with Crippen LogP contribution in [-0.2, 0) is 6.54 Å². The number of hydrogen-bond acceptors (Lipinski definition) is 3. The van der Waals surface area contributed by atoms with Gasteiger partial charge < -0.3 is 14.8 Å². The monoisotopic (exact) mass is 279 g/mol. The summed E-state index contributed by atoms with van der Waals surface area (Å²) in [6.45, 7) is 4.17. The number of methoxy groups -OCH3 is 2. The third kappa shape index (κ3) is 6.29. The Morgan fingerprint density at radius 1 is 0.950 bits per heavy atom. The Bertz CT molecular complexity index is 366. The van der Waals surface area contributed by atoms with Crippen molar-refractivity contribution < 1.29 is 9.47 Å². The molecule has 0 amide bonds. The van der Waals surface area contributed by atoms with E-state index >= 15 is 0 Å². The number of unbranched alkanes of at least 4 members (excludes halogenated alkanes) is 5. The van der Waals surface area contributed by atoms with E-state index in [9.17, 15) is 0 Å². The van der Waals surface area contributed by atoms with Crippen molar-refractivity contribution in [3.05, 3.63) is 23.8 Å². The third-order valence-corrected chi connectivity index (χ3v) is 3.52. The van der Waals surface area contributed by atoms with Crippen LogP contribution in [-0.4, -0.2) is 20.8 Å². The summed E-state index contributed by atoms with van der Waals surface area (Å²) >= 11 is 0. The van der Waals surface area contributed by atoms with Gasteiger partial charge in [0.2, 0.25) is 0 Å². The number of hydrogen-bond donors (Lipinski definition) is 1. The molecule has 1 N–H and O–H groups in total. The lowest BCUT2D eigenvalue weighted by atomic mass is 10.1. The Morgan fingerprint density at radius 2 is 1.70 bits per heavy atom. The van der Waals surface area contributed by atoms with Gasteiger partial charge in [-0.2, -0.15) is 0 Å². The van der Waals surface area contributed by atoms with Crippen molar-refractivity contribution in [1.82, 2.24) is 5.32 Å². The summed E-state index contributed by atoms with van der Waals surface area (Å²) in [5, 5.41) is 3.48. The summed E-state index contributed by atoms with van der Waals surface area (Å²) in [6.07, 6.45) is 8.01. The van der Waals surface area contributed by atoms with Gasteiger partial charge >= 0.3 is 0 Å². The molecule has 0 atom stereocenters. The molecule has 0 fully saturated rings. The Kier molecular flexibility index (Phi) is 8.88. The van der Waals surface area contributed by atoms with Crippen molar-refractivity contribution in [3.8, 4) is 11.5 Å². The smallest absolute Gasteiger partial charge is 0.127 e. The quantitative estimate of drug-likeness (QED) is 0.617. The summed E-state index contributed by atoms with van der Waals surface area (Å²) in [5.74, 6) is 1.72. The first kappa shape index (κ1) is 16.8. The van der Waals surface area contributed by atoms with Crippen molar-refractivity contribution in [3.63, 3.8) is 0 Å². The summed E-state index contributed by atoms with van der Waals surface area (Å²) in [5.41, 5.74) is 1.18. The molecule has 3 heteroatoms. The van der Waals surface area contributed by atoms with Gasteiger partial charge in [-0.1, -0.05) is 45.1 Å². The van der Waals surface area contributed by atoms with Crippen molar-refractivity contribution >= 4 is 0 Å². The van der Waals surface area contributed by atoms with Gasteiger partial charge in [0, 0.05) is 18.2 Å². The minimum absolute atomic E-state index is 0.835. The zero-order valence-electron chi connectivity index (χ0n) is 13.2. The molecule has 20 heavy (non-hydrogen) atoms. The Hall–Kier alpha value is -1.22. The second-order valence-electron chi connectivity index (χ2n) is 5.12. The first-order valence-corrected chi connectivity index (χ1v) is 7.73. The third-order valence-electron chi connectivity index (χ3n) is 3.52. The van der Waals surface area contributed by atoms with E-state index in [4.69, 9.17) is 9.47 Å². The standard InChI is InChI=1S/C17H29NO2/c1-4-5-6-7-8-9-12-18-14-15-10-11-16(19-2)13-17(15)20-3/h10-11,13,18H,4-9,12,14H2,1-3H3. The normalized spacial score (nSPS) is 10.6. The molecule has 1 aromatic rings. The molecule has 114 valence electrons. The summed E-state index contributed by atoms with van der Waals surface area (Å²) < 4.78 is 10.6. The van der Waals surface area contributed by atoms with Gasteiger partial charge in [-0.25, -0.2) is 0 Å². The van der Waals surface area contributed by atoms with Crippen LogP contribution in [0.15, 0.2) is 18.2 Å². The molecule has 0 aliphatic heterocycles. The minimum atomic E-state index is 0.835. The number of ether oxygens (including phenoxy) is 2. The Morgan fingerprint density at radius 3 is 2.40 bits per heavy atom. The first-order chi connectivity index (χ1) is 9.81. The zero-order valence-corrected chi connectivity index (χ0v) is 13.2. The van der Waals surface area contributed by atoms with Crippen molar-refractivity contribution in [2.24, 2.45) is 0 Å². The maximum absolute atomic E-state index is 5.39. The number of rotatable bonds is 11. The van der Waals surface area contributed by atoms with E-state index in [1.807, 2.05) is 12.1 Å². The molecule has 0 aliphatic rings. The van der Waals surface area contributed by atoms with Gasteiger partial charge in [0.1, 0.15) is 11.5 Å². The molecule has 0 unspecified atom stereocenters. The van der Waals surface area contributed by atoms with E-state index in [1.54, 1.807) is 14.2 Å². The first-order valence-electron chi connectivity index (χ1n) is 7.73. The maximum atomic E-state index is 5.39. The highest BCUT2D eigenvalue weighted by Gasteiger charge is 2.04. The highest BCUT2D eigenvalue weighted by atomic mass is 16.5. The van der Waals surface area contributed by atoms with Gasteiger partial charge in [-0.3, -0.25) is 0 Å². The summed E-state index contributed by atoms with van der Waals surface area (Å²) in [4.78, 5) is 0. The fourth-order valence-electron chi connectivity index (χ4n) is 2.25. The minimum Gasteiger partial charge on any atom is -0.497 e. The van der Waals surface area contributed by atoms with Crippen LogP contribution in [0.5, 0.6) is 11.5 Å². The SMILES string of the molecule is CCCCCCCCNCc1ccc(OC)cc1OC. The highest BCUT2D eigenvalue weighted by Crippen LogP contribution is 2.24. The molecule has 1 aromatic carbocycles. The molecule has 0 heterocycles. The molecular formula is C17H29NO2. The van der Waals surface area contributed by atoms with Gasteiger partial charge in [0.05, 0.1) is 14.2 Å². The lowest BCUT2D eigenvalue weighted by Gasteiger charge is -2.11. The van der Waals surface area contributed by atoms with Crippen LogP contribution in [0, 0.1) is 0 Å². The van der Waals surface area contributed by atoms with Crippen LogP contribution in [0.4, 0.5) is 0 Å².